The molecule has 0 aromatic heterocycles. The molecule has 0 unspecified atom stereocenters. The van der Waals surface area contributed by atoms with Gasteiger partial charge in [0.25, 0.3) is 0 Å². The number of nitrogens with zero attached hydrogens (tertiary/aromatic N) is 1. The van der Waals surface area contributed by atoms with E-state index in [-0.39, 0.29) is 29.3 Å². The number of hydrogen-bond donors (Lipinski definition) is 1. The summed E-state index contributed by atoms with van der Waals surface area (Å²) in [7, 11) is -0.606. The number of para-hydroxylation sites is 1. The maximum absolute atomic E-state index is 12.6. The molecular formula is C19H20N2O6S. The van der Waals surface area contributed by atoms with Gasteiger partial charge in [-0.1, -0.05) is 12.1 Å². The summed E-state index contributed by atoms with van der Waals surface area (Å²) in [6.45, 7) is -0.319. The molecule has 28 heavy (non-hydrogen) atoms. The molecule has 0 saturated heterocycles. The Hall–Kier alpha value is -3.07. The topological polar surface area (TPSA) is 102 Å². The Balaban J connectivity index is 1.86. The van der Waals surface area contributed by atoms with Crippen LogP contribution in [0, 0.1) is 0 Å². The van der Waals surface area contributed by atoms with Gasteiger partial charge in [-0.25, -0.2) is 8.42 Å². The Labute approximate surface area is 163 Å². The Bertz CT molecular complexity index is 1020. The van der Waals surface area contributed by atoms with E-state index < -0.39 is 21.7 Å². The third-order valence-electron chi connectivity index (χ3n) is 4.36. The lowest BCUT2D eigenvalue weighted by molar-refractivity contribution is -0.121. The summed E-state index contributed by atoms with van der Waals surface area (Å²) in [5.41, 5.74) is 0.623. The molecule has 0 bridgehead atoms. The number of sulfone groups is 1. The molecule has 0 spiro atoms. The zero-order valence-electron chi connectivity index (χ0n) is 15.5. The van der Waals surface area contributed by atoms with Crippen molar-refractivity contribution in [1.29, 1.82) is 0 Å². The Morgan fingerprint density at radius 1 is 1.14 bits per heavy atom. The predicted molar refractivity (Wildman–Crippen MR) is 104 cm³/mol. The van der Waals surface area contributed by atoms with Gasteiger partial charge in [-0.05, 0) is 24.3 Å². The lowest BCUT2D eigenvalue weighted by atomic mass is 10.2. The van der Waals surface area contributed by atoms with Gasteiger partial charge in [0.2, 0.25) is 11.8 Å². The van der Waals surface area contributed by atoms with Gasteiger partial charge in [0.05, 0.1) is 36.2 Å². The molecule has 1 aliphatic heterocycles. The average molecular weight is 404 g/mol. The number of anilines is 2. The van der Waals surface area contributed by atoms with Crippen LogP contribution in [0.3, 0.4) is 0 Å². The van der Waals surface area contributed by atoms with Crippen molar-refractivity contribution in [2.24, 2.45) is 0 Å². The highest BCUT2D eigenvalue weighted by Crippen LogP contribution is 2.31. The third kappa shape index (κ3) is 3.94. The SMILES string of the molecule is COc1ccc(NC(=O)CN2C(=O)CCS(=O)(=O)c3ccccc32)c(OC)c1. The van der Waals surface area contributed by atoms with Crippen molar-refractivity contribution in [1.82, 2.24) is 0 Å². The summed E-state index contributed by atoms with van der Waals surface area (Å²) in [5, 5.41) is 2.69. The molecule has 2 amide bonds. The van der Waals surface area contributed by atoms with Crippen LogP contribution in [-0.4, -0.2) is 46.7 Å². The molecule has 0 atom stereocenters. The number of methoxy groups -OCH3 is 2. The quantitative estimate of drug-likeness (QED) is 0.816. The number of rotatable bonds is 5. The Kier molecular flexibility index (Phi) is 5.55. The molecule has 148 valence electrons. The first-order valence-electron chi connectivity index (χ1n) is 8.50. The zero-order chi connectivity index (χ0) is 20.3. The summed E-state index contributed by atoms with van der Waals surface area (Å²) in [4.78, 5) is 26.3. The van der Waals surface area contributed by atoms with Crippen LogP contribution in [0.4, 0.5) is 11.4 Å². The summed E-state index contributed by atoms with van der Waals surface area (Å²) in [6.07, 6.45) is -0.184. The molecule has 2 aromatic rings. The molecule has 3 rings (SSSR count). The van der Waals surface area contributed by atoms with Gasteiger partial charge in [-0.15, -0.1) is 0 Å². The first-order valence-corrected chi connectivity index (χ1v) is 10.1. The van der Waals surface area contributed by atoms with E-state index in [1.807, 2.05) is 0 Å². The van der Waals surface area contributed by atoms with Gasteiger partial charge in [0.1, 0.15) is 18.0 Å². The van der Waals surface area contributed by atoms with Crippen molar-refractivity contribution in [3.8, 4) is 11.5 Å². The fraction of sp³-hybridized carbons (Fsp3) is 0.263. The van der Waals surface area contributed by atoms with Crippen LogP contribution >= 0.6 is 0 Å². The molecule has 1 aliphatic rings. The Morgan fingerprint density at radius 2 is 1.89 bits per heavy atom. The molecule has 0 fully saturated rings. The predicted octanol–water partition coefficient (Wildman–Crippen LogP) is 1.85. The third-order valence-corrected chi connectivity index (χ3v) is 6.12. The number of amides is 2. The van der Waals surface area contributed by atoms with Crippen LogP contribution in [0.2, 0.25) is 0 Å². The van der Waals surface area contributed by atoms with E-state index in [2.05, 4.69) is 5.32 Å². The second kappa shape index (κ2) is 7.89. The van der Waals surface area contributed by atoms with Crippen LogP contribution in [0.1, 0.15) is 6.42 Å². The smallest absolute Gasteiger partial charge is 0.244 e. The minimum absolute atomic E-state index is 0.0516. The van der Waals surface area contributed by atoms with Gasteiger partial charge in [0.15, 0.2) is 9.84 Å². The monoisotopic (exact) mass is 404 g/mol. The standard InChI is InChI=1S/C19H20N2O6S/c1-26-13-7-8-14(16(11-13)27-2)20-18(22)12-21-15-5-3-4-6-17(15)28(24,25)10-9-19(21)23/h3-8,11H,9-10,12H2,1-2H3,(H,20,22). The summed E-state index contributed by atoms with van der Waals surface area (Å²) in [5.74, 6) is -0.223. The summed E-state index contributed by atoms with van der Waals surface area (Å²) >= 11 is 0. The van der Waals surface area contributed by atoms with E-state index in [1.165, 1.54) is 31.3 Å². The van der Waals surface area contributed by atoms with Crippen molar-refractivity contribution in [2.75, 3.05) is 36.7 Å². The number of carbonyl (C=O) groups is 2. The fourth-order valence-corrected chi connectivity index (χ4v) is 4.40. The van der Waals surface area contributed by atoms with Crippen molar-refractivity contribution < 1.29 is 27.5 Å². The molecule has 9 heteroatoms. The molecule has 0 saturated carbocycles. The molecule has 8 nitrogen and oxygen atoms in total. The molecule has 0 aliphatic carbocycles. The maximum atomic E-state index is 12.6. The molecule has 2 aromatic carbocycles. The number of nitrogens with one attached hydrogen (secondary N) is 1. The van der Waals surface area contributed by atoms with Crippen molar-refractivity contribution in [3.05, 3.63) is 42.5 Å². The van der Waals surface area contributed by atoms with Crippen LogP contribution in [0.5, 0.6) is 11.5 Å². The van der Waals surface area contributed by atoms with E-state index in [9.17, 15) is 18.0 Å². The van der Waals surface area contributed by atoms with Crippen LogP contribution in [-0.2, 0) is 19.4 Å². The first-order chi connectivity index (χ1) is 13.4. The van der Waals surface area contributed by atoms with Crippen molar-refractivity contribution >= 4 is 33.0 Å². The van der Waals surface area contributed by atoms with Crippen molar-refractivity contribution in [3.63, 3.8) is 0 Å². The molecule has 1 N–H and O–H groups in total. The lowest BCUT2D eigenvalue weighted by Gasteiger charge is -2.22. The lowest BCUT2D eigenvalue weighted by Crippen LogP contribution is -2.38. The van der Waals surface area contributed by atoms with Gasteiger partial charge in [-0.3, -0.25) is 9.59 Å². The normalized spacial score (nSPS) is 15.4. The average Bonchev–Trinajstić information content (AvgIpc) is 2.79. The van der Waals surface area contributed by atoms with Crippen LogP contribution in [0.25, 0.3) is 0 Å². The zero-order valence-corrected chi connectivity index (χ0v) is 16.3. The molecule has 1 heterocycles. The minimum atomic E-state index is -3.59. The number of carbonyl (C=O) groups excluding carboxylic acids is 2. The van der Waals surface area contributed by atoms with E-state index in [0.717, 1.165) is 0 Å². The number of hydrogen-bond acceptors (Lipinski definition) is 6. The summed E-state index contributed by atoms with van der Waals surface area (Å²) < 4.78 is 35.2. The Morgan fingerprint density at radius 3 is 2.61 bits per heavy atom. The number of ether oxygens (including phenoxy) is 2. The van der Waals surface area contributed by atoms with E-state index in [0.29, 0.717) is 17.2 Å². The maximum Gasteiger partial charge on any atom is 0.244 e. The van der Waals surface area contributed by atoms with Gasteiger partial charge >= 0.3 is 0 Å². The molecule has 0 radical (unpaired) electrons. The second-order valence-corrected chi connectivity index (χ2v) is 8.21. The number of fused-ring (bicyclic) bond motifs is 1. The van der Waals surface area contributed by atoms with E-state index in [4.69, 9.17) is 9.47 Å². The second-order valence-electron chi connectivity index (χ2n) is 6.13. The highest BCUT2D eigenvalue weighted by Gasteiger charge is 2.31. The summed E-state index contributed by atoms with van der Waals surface area (Å²) in [6, 6.07) is 11.1. The van der Waals surface area contributed by atoms with E-state index in [1.54, 1.807) is 30.3 Å². The highest BCUT2D eigenvalue weighted by atomic mass is 32.2. The highest BCUT2D eigenvalue weighted by molar-refractivity contribution is 7.91. The van der Waals surface area contributed by atoms with Crippen molar-refractivity contribution in [2.45, 2.75) is 11.3 Å². The van der Waals surface area contributed by atoms with Gasteiger partial charge in [0, 0.05) is 12.5 Å². The minimum Gasteiger partial charge on any atom is -0.497 e. The fourth-order valence-electron chi connectivity index (χ4n) is 2.95. The first kappa shape index (κ1) is 19.7. The largest absolute Gasteiger partial charge is 0.497 e. The van der Waals surface area contributed by atoms with Crippen LogP contribution < -0.4 is 19.7 Å². The van der Waals surface area contributed by atoms with E-state index >= 15 is 0 Å². The molecular weight excluding hydrogens is 384 g/mol. The van der Waals surface area contributed by atoms with Gasteiger partial charge < -0.3 is 19.7 Å². The van der Waals surface area contributed by atoms with Crippen LogP contribution in [0.15, 0.2) is 47.4 Å². The van der Waals surface area contributed by atoms with Gasteiger partial charge in [-0.2, -0.15) is 0 Å². The number of benzene rings is 2.